The average molecular weight is 412 g/mol. The first-order valence-electron chi connectivity index (χ1n) is 9.59. The summed E-state index contributed by atoms with van der Waals surface area (Å²) in [6.45, 7) is 1.34. The fraction of sp³-hybridized carbons (Fsp3) is 0.273. The van der Waals surface area contributed by atoms with Crippen molar-refractivity contribution >= 4 is 11.6 Å². The second kappa shape index (κ2) is 10.00. The van der Waals surface area contributed by atoms with Crippen LogP contribution >= 0.6 is 0 Å². The van der Waals surface area contributed by atoms with Gasteiger partial charge >= 0.3 is 0 Å². The molecule has 7 nitrogen and oxygen atoms in total. The maximum absolute atomic E-state index is 13.1. The summed E-state index contributed by atoms with van der Waals surface area (Å²) in [5.41, 5.74) is 2.51. The van der Waals surface area contributed by atoms with Crippen LogP contribution in [-0.4, -0.2) is 53.4 Å². The number of anilines is 1. The summed E-state index contributed by atoms with van der Waals surface area (Å²) in [5.74, 6) is -0.572. The van der Waals surface area contributed by atoms with Crippen LogP contribution in [0.3, 0.4) is 0 Å². The number of aromatic nitrogens is 2. The molecule has 3 aromatic rings. The summed E-state index contributed by atoms with van der Waals surface area (Å²) < 4.78 is 19.0. The van der Waals surface area contributed by atoms with E-state index in [2.05, 4.69) is 20.4 Å². The van der Waals surface area contributed by atoms with Crippen molar-refractivity contribution in [1.82, 2.24) is 15.1 Å². The summed E-state index contributed by atoms with van der Waals surface area (Å²) in [5, 5.41) is 19.7. The number of amides is 1. The zero-order valence-corrected chi connectivity index (χ0v) is 16.9. The van der Waals surface area contributed by atoms with Crippen LogP contribution < -0.4 is 10.1 Å². The van der Waals surface area contributed by atoms with Crippen molar-refractivity contribution in [3.63, 3.8) is 0 Å². The highest BCUT2D eigenvalue weighted by Gasteiger charge is 2.19. The standard InChI is InChI=1S/C22H25FN4O3/c1-27(2)10-3-11-30-20-12-16(17-13-24-25-14-17)6-9-19(20)26-22(29)21(28)15-4-7-18(23)8-5-15/h4-9,12-14,21,28H,3,10-11H2,1-2H3,(H,24,25)(H,26,29). The van der Waals surface area contributed by atoms with E-state index in [-0.39, 0.29) is 0 Å². The summed E-state index contributed by atoms with van der Waals surface area (Å²) in [6, 6.07) is 10.5. The lowest BCUT2D eigenvalue weighted by Gasteiger charge is -2.17. The second-order valence-corrected chi connectivity index (χ2v) is 7.15. The Morgan fingerprint density at radius 1 is 1.23 bits per heavy atom. The minimum atomic E-state index is -1.43. The number of hydrogen-bond donors (Lipinski definition) is 3. The molecule has 2 aromatic carbocycles. The maximum atomic E-state index is 13.1. The van der Waals surface area contributed by atoms with Gasteiger partial charge in [-0.1, -0.05) is 18.2 Å². The molecule has 0 aliphatic heterocycles. The van der Waals surface area contributed by atoms with Gasteiger partial charge in [-0.15, -0.1) is 0 Å². The Kier molecular flexibility index (Phi) is 7.16. The molecular weight excluding hydrogens is 387 g/mol. The highest BCUT2D eigenvalue weighted by Crippen LogP contribution is 2.31. The number of aliphatic hydroxyl groups is 1. The van der Waals surface area contributed by atoms with Gasteiger partial charge in [-0.2, -0.15) is 5.10 Å². The minimum absolute atomic E-state index is 0.303. The van der Waals surface area contributed by atoms with Crippen LogP contribution in [0.5, 0.6) is 5.75 Å². The number of aliphatic hydroxyl groups excluding tert-OH is 1. The van der Waals surface area contributed by atoms with Crippen molar-refractivity contribution in [1.29, 1.82) is 0 Å². The van der Waals surface area contributed by atoms with Gasteiger partial charge in [0.15, 0.2) is 6.10 Å². The predicted molar refractivity (Wildman–Crippen MR) is 113 cm³/mol. The third-order valence-electron chi connectivity index (χ3n) is 4.51. The zero-order chi connectivity index (χ0) is 21.5. The highest BCUT2D eigenvalue weighted by molar-refractivity contribution is 5.96. The molecule has 3 rings (SSSR count). The Balaban J connectivity index is 1.77. The quantitative estimate of drug-likeness (QED) is 0.470. The Morgan fingerprint density at radius 3 is 2.67 bits per heavy atom. The zero-order valence-electron chi connectivity index (χ0n) is 16.9. The van der Waals surface area contributed by atoms with Crippen molar-refractivity contribution in [2.75, 3.05) is 32.6 Å². The normalized spacial score (nSPS) is 12.0. The third-order valence-corrected chi connectivity index (χ3v) is 4.51. The average Bonchev–Trinajstić information content (AvgIpc) is 3.27. The number of nitrogens with one attached hydrogen (secondary N) is 2. The van der Waals surface area contributed by atoms with Crippen LogP contribution in [0, 0.1) is 5.82 Å². The minimum Gasteiger partial charge on any atom is -0.491 e. The topological polar surface area (TPSA) is 90.5 Å². The Labute approximate surface area is 174 Å². The lowest BCUT2D eigenvalue weighted by molar-refractivity contribution is -0.124. The molecule has 158 valence electrons. The van der Waals surface area contributed by atoms with Crippen LogP contribution in [-0.2, 0) is 4.79 Å². The molecule has 0 saturated carbocycles. The van der Waals surface area contributed by atoms with Crippen LogP contribution in [0.1, 0.15) is 18.1 Å². The summed E-state index contributed by atoms with van der Waals surface area (Å²) in [4.78, 5) is 14.6. The van der Waals surface area contributed by atoms with Crippen LogP contribution in [0.2, 0.25) is 0 Å². The Hall–Kier alpha value is -3.23. The van der Waals surface area contributed by atoms with E-state index in [1.165, 1.54) is 24.3 Å². The van der Waals surface area contributed by atoms with Gasteiger partial charge in [0.05, 0.1) is 18.5 Å². The van der Waals surface area contributed by atoms with E-state index in [9.17, 15) is 14.3 Å². The molecule has 0 radical (unpaired) electrons. The van der Waals surface area contributed by atoms with E-state index in [1.54, 1.807) is 18.5 Å². The smallest absolute Gasteiger partial charge is 0.257 e. The second-order valence-electron chi connectivity index (χ2n) is 7.15. The molecule has 1 atom stereocenters. The number of aromatic amines is 1. The molecule has 1 unspecified atom stereocenters. The molecule has 0 bridgehead atoms. The molecular formula is C22H25FN4O3. The summed E-state index contributed by atoms with van der Waals surface area (Å²) in [6.07, 6.45) is 2.85. The number of hydrogen-bond acceptors (Lipinski definition) is 5. The van der Waals surface area contributed by atoms with Crippen LogP contribution in [0.4, 0.5) is 10.1 Å². The SMILES string of the molecule is CN(C)CCCOc1cc(-c2cn[nH]c2)ccc1NC(=O)C(O)c1ccc(F)cc1. The number of halogens is 1. The van der Waals surface area contributed by atoms with Gasteiger partial charge in [0, 0.05) is 18.3 Å². The van der Waals surface area contributed by atoms with E-state index in [1.807, 2.05) is 26.2 Å². The van der Waals surface area contributed by atoms with E-state index in [4.69, 9.17) is 4.74 Å². The first kappa shape index (κ1) is 21.5. The van der Waals surface area contributed by atoms with E-state index in [0.717, 1.165) is 24.1 Å². The van der Waals surface area contributed by atoms with E-state index in [0.29, 0.717) is 23.6 Å². The molecule has 0 fully saturated rings. The lowest BCUT2D eigenvalue weighted by atomic mass is 10.1. The highest BCUT2D eigenvalue weighted by atomic mass is 19.1. The number of rotatable bonds is 9. The predicted octanol–water partition coefficient (Wildman–Crippen LogP) is 3.22. The van der Waals surface area contributed by atoms with Crippen LogP contribution in [0.25, 0.3) is 11.1 Å². The van der Waals surface area contributed by atoms with Crippen LogP contribution in [0.15, 0.2) is 54.9 Å². The molecule has 1 heterocycles. The van der Waals surface area contributed by atoms with Gasteiger partial charge in [0.2, 0.25) is 0 Å². The van der Waals surface area contributed by atoms with Crippen molar-refractivity contribution in [2.45, 2.75) is 12.5 Å². The number of carbonyl (C=O) groups excluding carboxylic acids is 1. The first-order chi connectivity index (χ1) is 14.4. The fourth-order valence-corrected chi connectivity index (χ4v) is 2.89. The molecule has 3 N–H and O–H groups in total. The van der Waals surface area contributed by atoms with Crippen molar-refractivity contribution in [3.05, 3.63) is 66.2 Å². The van der Waals surface area contributed by atoms with Gasteiger partial charge in [-0.25, -0.2) is 4.39 Å². The molecule has 1 amide bonds. The van der Waals surface area contributed by atoms with Gasteiger partial charge in [-0.05, 0) is 55.9 Å². The molecule has 0 aliphatic carbocycles. The largest absolute Gasteiger partial charge is 0.491 e. The molecule has 30 heavy (non-hydrogen) atoms. The molecule has 0 saturated heterocycles. The maximum Gasteiger partial charge on any atom is 0.257 e. The van der Waals surface area contributed by atoms with Gasteiger partial charge in [0.25, 0.3) is 5.91 Å². The van der Waals surface area contributed by atoms with Gasteiger partial charge in [0.1, 0.15) is 11.6 Å². The summed E-state index contributed by atoms with van der Waals surface area (Å²) >= 11 is 0. The van der Waals surface area contributed by atoms with Gasteiger partial charge in [-0.3, -0.25) is 9.89 Å². The van der Waals surface area contributed by atoms with E-state index >= 15 is 0 Å². The van der Waals surface area contributed by atoms with E-state index < -0.39 is 17.8 Å². The lowest BCUT2D eigenvalue weighted by Crippen LogP contribution is -2.21. The van der Waals surface area contributed by atoms with Crippen molar-refractivity contribution < 1.29 is 19.0 Å². The summed E-state index contributed by atoms with van der Waals surface area (Å²) in [7, 11) is 3.98. The van der Waals surface area contributed by atoms with Gasteiger partial charge < -0.3 is 20.1 Å². The molecule has 0 spiro atoms. The molecule has 0 aliphatic rings. The number of nitrogens with zero attached hydrogens (tertiary/aromatic N) is 2. The van der Waals surface area contributed by atoms with Crippen molar-refractivity contribution in [3.8, 4) is 16.9 Å². The monoisotopic (exact) mass is 412 g/mol. The number of ether oxygens (including phenoxy) is 1. The molecule has 8 heteroatoms. The number of carbonyl (C=O) groups is 1. The number of H-pyrrole nitrogens is 1. The fourth-order valence-electron chi connectivity index (χ4n) is 2.89. The van der Waals surface area contributed by atoms with Crippen molar-refractivity contribution in [2.24, 2.45) is 0 Å². The number of benzene rings is 2. The third kappa shape index (κ3) is 5.65. The first-order valence-corrected chi connectivity index (χ1v) is 9.59. The Bertz CT molecular complexity index is 959. The Morgan fingerprint density at radius 2 is 2.00 bits per heavy atom. The molecule has 1 aromatic heterocycles.